The molecule has 0 radical (unpaired) electrons. The average Bonchev–Trinajstić information content (AvgIpc) is 2.48. The van der Waals surface area contributed by atoms with Crippen LogP contribution in [0.5, 0.6) is 0 Å². The van der Waals surface area contributed by atoms with Gasteiger partial charge < -0.3 is 11.1 Å². The molecule has 114 valence electrons. The second-order valence-electron chi connectivity index (χ2n) is 5.35. The second-order valence-corrected chi connectivity index (χ2v) is 6.23. The fourth-order valence-corrected chi connectivity index (χ4v) is 3.21. The zero-order chi connectivity index (χ0) is 15.4. The van der Waals surface area contributed by atoms with Crippen LogP contribution in [0.25, 0.3) is 0 Å². The van der Waals surface area contributed by atoms with E-state index in [0.29, 0.717) is 0 Å². The smallest absolute Gasteiger partial charge is 0.254 e. The molecule has 3 N–H and O–H groups in total. The van der Waals surface area contributed by atoms with Crippen molar-refractivity contribution in [1.82, 2.24) is 5.32 Å². The topological polar surface area (TPSA) is 55.1 Å². The van der Waals surface area contributed by atoms with Crippen LogP contribution in [-0.2, 0) is 0 Å². The monoisotopic (exact) mass is 328 g/mol. The van der Waals surface area contributed by atoms with Crippen molar-refractivity contribution in [1.29, 1.82) is 0 Å². The Bertz CT molecular complexity index is 546. The van der Waals surface area contributed by atoms with Crippen molar-refractivity contribution in [3.8, 4) is 0 Å². The van der Waals surface area contributed by atoms with Gasteiger partial charge in [-0.05, 0) is 30.9 Å². The normalized spacial score (nSPS) is 17.2. The molecule has 1 aliphatic rings. The molecule has 0 spiro atoms. The van der Waals surface area contributed by atoms with Crippen LogP contribution >= 0.6 is 23.8 Å². The second kappa shape index (κ2) is 7.18. The van der Waals surface area contributed by atoms with Gasteiger partial charge in [-0.15, -0.1) is 0 Å². The molecule has 0 aromatic heterocycles. The van der Waals surface area contributed by atoms with Crippen LogP contribution in [0.3, 0.4) is 0 Å². The lowest BCUT2D eigenvalue weighted by Gasteiger charge is -2.30. The molecule has 1 fully saturated rings. The predicted molar refractivity (Wildman–Crippen MR) is 86.0 cm³/mol. The van der Waals surface area contributed by atoms with Crippen molar-refractivity contribution in [3.05, 3.63) is 34.6 Å². The summed E-state index contributed by atoms with van der Waals surface area (Å²) in [7, 11) is 0. The number of benzene rings is 1. The first-order valence-corrected chi connectivity index (χ1v) is 7.83. The Kier molecular flexibility index (Phi) is 5.53. The van der Waals surface area contributed by atoms with E-state index >= 15 is 0 Å². The summed E-state index contributed by atoms with van der Waals surface area (Å²) < 4.78 is 13.9. The third-order valence-corrected chi connectivity index (χ3v) is 4.46. The number of carbonyl (C=O) groups excluding carboxylic acids is 1. The number of nitrogens with two attached hydrogens (primary N) is 1. The summed E-state index contributed by atoms with van der Waals surface area (Å²) in [5.74, 6) is -1.03. The minimum absolute atomic E-state index is 0.0767. The molecule has 6 heteroatoms. The lowest BCUT2D eigenvalue weighted by molar-refractivity contribution is 0.0928. The summed E-state index contributed by atoms with van der Waals surface area (Å²) in [6.07, 6.45) is 5.34. The van der Waals surface area contributed by atoms with Gasteiger partial charge in [-0.2, -0.15) is 0 Å². The molecule has 1 saturated carbocycles. The van der Waals surface area contributed by atoms with E-state index in [2.05, 4.69) is 5.32 Å². The predicted octanol–water partition coefficient (Wildman–Crippen LogP) is 3.44. The Morgan fingerprint density at radius 2 is 2.05 bits per heavy atom. The fourth-order valence-electron chi connectivity index (χ4n) is 2.79. The van der Waals surface area contributed by atoms with Crippen molar-refractivity contribution in [2.45, 2.75) is 38.1 Å². The molecule has 1 aromatic carbocycles. The Labute approximate surface area is 134 Å². The molecule has 1 aliphatic carbocycles. The van der Waals surface area contributed by atoms with Crippen molar-refractivity contribution in [3.63, 3.8) is 0 Å². The SMILES string of the molecule is NC(=S)C(NC(=O)c1cccc(Cl)c1F)C1CCCCC1. The standard InChI is InChI=1S/C15H18ClFN2OS/c16-11-8-4-7-10(12(11)17)15(20)19-13(14(18)21)9-5-2-1-3-6-9/h4,7-9,13H,1-3,5-6H2,(H2,18,21)(H,19,20). The van der Waals surface area contributed by atoms with Gasteiger partial charge in [-0.3, -0.25) is 4.79 Å². The quantitative estimate of drug-likeness (QED) is 0.832. The van der Waals surface area contributed by atoms with Crippen LogP contribution in [-0.4, -0.2) is 16.9 Å². The van der Waals surface area contributed by atoms with E-state index in [1.54, 1.807) is 0 Å². The number of rotatable bonds is 4. The van der Waals surface area contributed by atoms with Gasteiger partial charge in [0.1, 0.15) is 0 Å². The number of hydrogen-bond acceptors (Lipinski definition) is 2. The van der Waals surface area contributed by atoms with Gasteiger partial charge in [0.2, 0.25) is 0 Å². The first kappa shape index (κ1) is 16.2. The van der Waals surface area contributed by atoms with Crippen molar-refractivity contribution >= 4 is 34.7 Å². The lowest BCUT2D eigenvalue weighted by atomic mass is 9.83. The van der Waals surface area contributed by atoms with E-state index in [0.717, 1.165) is 25.7 Å². The van der Waals surface area contributed by atoms with Crippen molar-refractivity contribution < 1.29 is 9.18 Å². The zero-order valence-electron chi connectivity index (χ0n) is 11.6. The van der Waals surface area contributed by atoms with Gasteiger partial charge in [-0.25, -0.2) is 4.39 Å². The van der Waals surface area contributed by atoms with E-state index in [1.807, 2.05) is 0 Å². The van der Waals surface area contributed by atoms with E-state index in [9.17, 15) is 9.18 Å². The van der Waals surface area contributed by atoms with Crippen molar-refractivity contribution in [2.75, 3.05) is 0 Å². The van der Waals surface area contributed by atoms with E-state index < -0.39 is 17.8 Å². The molecule has 0 heterocycles. The molecule has 1 aromatic rings. The number of amides is 1. The minimum Gasteiger partial charge on any atom is -0.392 e. The molecule has 1 unspecified atom stereocenters. The van der Waals surface area contributed by atoms with Crippen LogP contribution in [0, 0.1) is 11.7 Å². The van der Waals surface area contributed by atoms with Gasteiger partial charge in [0.05, 0.1) is 21.6 Å². The first-order valence-electron chi connectivity index (χ1n) is 7.05. The van der Waals surface area contributed by atoms with E-state index in [-0.39, 0.29) is 21.5 Å². The lowest BCUT2D eigenvalue weighted by Crippen LogP contribution is -2.49. The molecule has 2 rings (SSSR count). The summed E-state index contributed by atoms with van der Waals surface area (Å²) in [6.45, 7) is 0. The highest BCUT2D eigenvalue weighted by Gasteiger charge is 2.28. The maximum absolute atomic E-state index is 13.9. The minimum atomic E-state index is -0.720. The Balaban J connectivity index is 2.14. The van der Waals surface area contributed by atoms with Crippen LogP contribution in [0.4, 0.5) is 4.39 Å². The molecule has 0 bridgehead atoms. The third-order valence-electron chi connectivity index (χ3n) is 3.91. The zero-order valence-corrected chi connectivity index (χ0v) is 13.1. The molecule has 21 heavy (non-hydrogen) atoms. The number of nitrogens with one attached hydrogen (secondary N) is 1. The first-order chi connectivity index (χ1) is 10.0. The van der Waals surface area contributed by atoms with E-state index in [1.165, 1.54) is 24.6 Å². The molecular weight excluding hydrogens is 311 g/mol. The number of thiocarbonyl (C=S) groups is 1. The molecule has 3 nitrogen and oxygen atoms in total. The van der Waals surface area contributed by atoms with Crippen LogP contribution in [0.1, 0.15) is 42.5 Å². The molecule has 1 atom stereocenters. The fraction of sp³-hybridized carbons (Fsp3) is 0.467. The third kappa shape index (κ3) is 3.92. The van der Waals surface area contributed by atoms with Crippen LogP contribution < -0.4 is 11.1 Å². The average molecular weight is 329 g/mol. The van der Waals surface area contributed by atoms with Crippen LogP contribution in [0.2, 0.25) is 5.02 Å². The maximum Gasteiger partial charge on any atom is 0.254 e. The van der Waals surface area contributed by atoms with Gasteiger partial charge >= 0.3 is 0 Å². The maximum atomic E-state index is 13.9. The Morgan fingerprint density at radius 3 is 2.67 bits per heavy atom. The highest BCUT2D eigenvalue weighted by molar-refractivity contribution is 7.80. The summed E-state index contributed by atoms with van der Waals surface area (Å²) in [4.78, 5) is 12.5. The molecule has 0 aliphatic heterocycles. The Morgan fingerprint density at radius 1 is 1.38 bits per heavy atom. The summed E-state index contributed by atoms with van der Waals surface area (Å²) in [5, 5.41) is 2.69. The summed E-state index contributed by atoms with van der Waals surface area (Å²) in [6, 6.07) is 3.94. The molecule has 1 amide bonds. The van der Waals surface area contributed by atoms with Crippen LogP contribution in [0.15, 0.2) is 18.2 Å². The molecule has 0 saturated heterocycles. The summed E-state index contributed by atoms with van der Waals surface area (Å²) in [5.41, 5.74) is 5.68. The van der Waals surface area contributed by atoms with Gasteiger partial charge in [0, 0.05) is 0 Å². The van der Waals surface area contributed by atoms with Gasteiger partial charge in [-0.1, -0.05) is 49.1 Å². The van der Waals surface area contributed by atoms with Gasteiger partial charge in [0.15, 0.2) is 5.82 Å². The molecular formula is C15H18ClFN2OS. The van der Waals surface area contributed by atoms with Crippen molar-refractivity contribution in [2.24, 2.45) is 11.7 Å². The van der Waals surface area contributed by atoms with E-state index in [4.69, 9.17) is 29.6 Å². The highest BCUT2D eigenvalue weighted by Crippen LogP contribution is 2.27. The number of carbonyl (C=O) groups is 1. The Hall–Kier alpha value is -1.20. The highest BCUT2D eigenvalue weighted by atomic mass is 35.5. The summed E-state index contributed by atoms with van der Waals surface area (Å²) >= 11 is 10.8. The van der Waals surface area contributed by atoms with Gasteiger partial charge in [0.25, 0.3) is 5.91 Å². The number of hydrogen-bond donors (Lipinski definition) is 2. The number of halogens is 2. The largest absolute Gasteiger partial charge is 0.392 e.